The molecule has 0 fully saturated rings. The monoisotopic (exact) mass is 392 g/mol. The maximum Gasteiger partial charge on any atom is 0.148 e. The molecule has 0 spiro atoms. The summed E-state index contributed by atoms with van der Waals surface area (Å²) < 4.78 is 0. The van der Waals surface area contributed by atoms with E-state index in [4.69, 9.17) is 10.5 Å². The number of anilines is 1. The maximum absolute atomic E-state index is 9.32. The van der Waals surface area contributed by atoms with Gasteiger partial charge in [0, 0.05) is 18.8 Å². The Labute approximate surface area is 178 Å². The second kappa shape index (κ2) is 16.2. The van der Waals surface area contributed by atoms with Crippen LogP contribution in [0.15, 0.2) is 29.8 Å². The molecule has 1 rings (SSSR count). The van der Waals surface area contributed by atoms with Gasteiger partial charge < -0.3 is 4.90 Å². The first-order chi connectivity index (χ1) is 14.1. The molecule has 1 unspecified atom stereocenters. The van der Waals surface area contributed by atoms with Crippen LogP contribution in [0.2, 0.25) is 0 Å². The molecule has 1 atom stereocenters. The lowest BCUT2D eigenvalue weighted by Crippen LogP contribution is -2.30. The van der Waals surface area contributed by atoms with Gasteiger partial charge in [0.05, 0.1) is 5.57 Å². The molecule has 156 valence electrons. The van der Waals surface area contributed by atoms with Crippen LogP contribution in [0.1, 0.15) is 78.7 Å². The quantitative estimate of drug-likeness (QED) is 0.385. The highest BCUT2D eigenvalue weighted by atomic mass is 15.1. The van der Waals surface area contributed by atoms with Gasteiger partial charge in [-0.3, -0.25) is 0 Å². The van der Waals surface area contributed by atoms with Gasteiger partial charge in [-0.1, -0.05) is 72.4 Å². The van der Waals surface area contributed by atoms with Crippen LogP contribution >= 0.6 is 0 Å². The fourth-order valence-corrected chi connectivity index (χ4v) is 3.14. The number of allylic oxidation sites excluding steroid dienone is 2. The highest BCUT2D eigenvalue weighted by Gasteiger charge is 2.14. The number of hydrogen-bond donors (Lipinski definition) is 0. The molecule has 0 bridgehead atoms. The molecule has 0 radical (unpaired) electrons. The normalized spacial score (nSPS) is 10.4. The second-order valence-corrected chi connectivity index (χ2v) is 6.85. The highest BCUT2D eigenvalue weighted by molar-refractivity contribution is 5.84. The van der Waals surface area contributed by atoms with Gasteiger partial charge >= 0.3 is 0 Å². The number of benzene rings is 1. The summed E-state index contributed by atoms with van der Waals surface area (Å²) in [6, 6.07) is 13.3. The number of nitrogens with zero attached hydrogens (tertiary/aromatic N) is 4. The Morgan fingerprint density at radius 3 is 1.93 bits per heavy atom. The fourth-order valence-electron chi connectivity index (χ4n) is 3.14. The number of hydrogen-bond acceptors (Lipinski definition) is 4. The van der Waals surface area contributed by atoms with Crippen molar-refractivity contribution in [1.82, 2.24) is 0 Å². The third-order valence-electron chi connectivity index (χ3n) is 4.91. The minimum Gasteiger partial charge on any atom is -0.371 e. The van der Waals surface area contributed by atoms with Crippen LogP contribution in [-0.2, 0) is 0 Å². The van der Waals surface area contributed by atoms with Crippen molar-refractivity contribution in [2.24, 2.45) is 5.92 Å². The molecule has 1 aromatic rings. The lowest BCUT2D eigenvalue weighted by Gasteiger charge is -2.29. The minimum atomic E-state index is -0.140. The van der Waals surface area contributed by atoms with Crippen molar-refractivity contribution in [3.05, 3.63) is 35.4 Å². The van der Waals surface area contributed by atoms with Crippen LogP contribution < -0.4 is 4.90 Å². The molecule has 0 amide bonds. The summed E-state index contributed by atoms with van der Waals surface area (Å²) in [4.78, 5) is 2.43. The fraction of sp³-hybridized carbons (Fsp3) is 0.560. The topological polar surface area (TPSA) is 74.6 Å². The summed E-state index contributed by atoms with van der Waals surface area (Å²) in [5, 5.41) is 27.4. The molecular weight excluding hydrogens is 356 g/mol. The summed E-state index contributed by atoms with van der Waals surface area (Å²) in [7, 11) is 0. The molecule has 0 aliphatic carbocycles. The standard InChI is InChI=1S/C23H30N4.C2H6/c1-4-7-9-19(6-3)18-27(14-8-5-2)22-12-10-20(11-13-22)23(17-26)21(15-24)16-25;1-2/h10-13,19H,4-9,14,18H2,1-3H3;1-2H3. The molecule has 0 aliphatic rings. The van der Waals surface area contributed by atoms with Crippen molar-refractivity contribution in [1.29, 1.82) is 15.8 Å². The molecule has 0 saturated heterocycles. The van der Waals surface area contributed by atoms with E-state index in [1.807, 2.05) is 44.2 Å². The molecule has 0 aromatic heterocycles. The molecule has 0 N–H and O–H groups in total. The zero-order valence-corrected chi connectivity index (χ0v) is 18.8. The van der Waals surface area contributed by atoms with Crippen LogP contribution in [0, 0.1) is 39.9 Å². The predicted molar refractivity (Wildman–Crippen MR) is 122 cm³/mol. The van der Waals surface area contributed by atoms with E-state index in [0.29, 0.717) is 11.5 Å². The van der Waals surface area contributed by atoms with E-state index in [2.05, 4.69) is 25.7 Å². The Balaban J connectivity index is 0.00000379. The molecule has 0 aliphatic heterocycles. The van der Waals surface area contributed by atoms with Crippen LogP contribution in [0.4, 0.5) is 5.69 Å². The Kier molecular flexibility index (Phi) is 14.7. The number of nitriles is 3. The predicted octanol–water partition coefficient (Wildman–Crippen LogP) is 6.86. The lowest BCUT2D eigenvalue weighted by atomic mass is 9.97. The van der Waals surface area contributed by atoms with Crippen molar-refractivity contribution in [3.8, 4) is 18.2 Å². The van der Waals surface area contributed by atoms with E-state index in [-0.39, 0.29) is 11.1 Å². The van der Waals surface area contributed by atoms with Crippen LogP contribution in [-0.4, -0.2) is 13.1 Å². The molecule has 1 aromatic carbocycles. The largest absolute Gasteiger partial charge is 0.371 e. The summed E-state index contributed by atoms with van der Waals surface area (Å²) in [5.41, 5.74) is 1.75. The summed E-state index contributed by atoms with van der Waals surface area (Å²) in [6.45, 7) is 12.7. The van der Waals surface area contributed by atoms with Gasteiger partial charge in [-0.25, -0.2) is 0 Å². The van der Waals surface area contributed by atoms with Gasteiger partial charge in [0.2, 0.25) is 0 Å². The summed E-state index contributed by atoms with van der Waals surface area (Å²) in [6.07, 6.45) is 7.21. The van der Waals surface area contributed by atoms with E-state index >= 15 is 0 Å². The maximum atomic E-state index is 9.32. The number of rotatable bonds is 11. The molecule has 0 saturated carbocycles. The van der Waals surface area contributed by atoms with Crippen LogP contribution in [0.25, 0.3) is 5.57 Å². The molecule has 4 nitrogen and oxygen atoms in total. The van der Waals surface area contributed by atoms with Gasteiger partial charge in [0.15, 0.2) is 0 Å². The molecule has 4 heteroatoms. The van der Waals surface area contributed by atoms with Gasteiger partial charge in [-0.05, 0) is 36.5 Å². The lowest BCUT2D eigenvalue weighted by molar-refractivity contribution is 0.444. The van der Waals surface area contributed by atoms with Crippen molar-refractivity contribution in [2.75, 3.05) is 18.0 Å². The minimum absolute atomic E-state index is 0.140. The second-order valence-electron chi connectivity index (χ2n) is 6.85. The first kappa shape index (κ1) is 26.2. The van der Waals surface area contributed by atoms with Crippen molar-refractivity contribution in [2.45, 2.75) is 73.1 Å². The van der Waals surface area contributed by atoms with Gasteiger partial charge in [-0.2, -0.15) is 15.8 Å². The van der Waals surface area contributed by atoms with E-state index in [0.717, 1.165) is 31.6 Å². The Bertz CT molecular complexity index is 710. The zero-order valence-electron chi connectivity index (χ0n) is 18.8. The van der Waals surface area contributed by atoms with Crippen LogP contribution in [0.3, 0.4) is 0 Å². The highest BCUT2D eigenvalue weighted by Crippen LogP contribution is 2.24. The summed E-state index contributed by atoms with van der Waals surface area (Å²) >= 11 is 0. The molecule has 29 heavy (non-hydrogen) atoms. The van der Waals surface area contributed by atoms with E-state index < -0.39 is 0 Å². The summed E-state index contributed by atoms with van der Waals surface area (Å²) in [5.74, 6) is 0.680. The third kappa shape index (κ3) is 8.85. The Morgan fingerprint density at radius 1 is 0.897 bits per heavy atom. The average molecular weight is 393 g/mol. The van der Waals surface area contributed by atoms with E-state index in [1.54, 1.807) is 12.1 Å². The van der Waals surface area contributed by atoms with Crippen LogP contribution in [0.5, 0.6) is 0 Å². The number of unbranched alkanes of at least 4 members (excludes halogenated alkanes) is 2. The van der Waals surface area contributed by atoms with Crippen molar-refractivity contribution >= 4 is 11.3 Å². The SMILES string of the molecule is CC.CCCCC(CC)CN(CCCC)c1ccc(C(C#N)=C(C#N)C#N)cc1. The third-order valence-corrected chi connectivity index (χ3v) is 4.91. The first-order valence-corrected chi connectivity index (χ1v) is 10.9. The smallest absolute Gasteiger partial charge is 0.148 e. The average Bonchev–Trinajstić information content (AvgIpc) is 2.78. The zero-order chi connectivity index (χ0) is 22.1. The van der Waals surface area contributed by atoms with Gasteiger partial charge in [0.25, 0.3) is 0 Å². The van der Waals surface area contributed by atoms with Gasteiger partial charge in [-0.15, -0.1) is 0 Å². The van der Waals surface area contributed by atoms with E-state index in [9.17, 15) is 5.26 Å². The van der Waals surface area contributed by atoms with Gasteiger partial charge in [0.1, 0.15) is 23.8 Å². The molecular formula is C25H36N4. The first-order valence-electron chi connectivity index (χ1n) is 10.9. The molecule has 0 heterocycles. The van der Waals surface area contributed by atoms with Crippen molar-refractivity contribution < 1.29 is 0 Å². The Hall–Kier alpha value is -2.77. The Morgan fingerprint density at radius 2 is 1.48 bits per heavy atom. The van der Waals surface area contributed by atoms with E-state index in [1.165, 1.54) is 25.7 Å². The van der Waals surface area contributed by atoms with Crippen molar-refractivity contribution in [3.63, 3.8) is 0 Å².